The maximum atomic E-state index is 8.59. The Morgan fingerprint density at radius 1 is 1.36 bits per heavy atom. The minimum atomic E-state index is 0.618. The van der Waals surface area contributed by atoms with Gasteiger partial charge < -0.3 is 0 Å². The number of nitrogens with zero attached hydrogens (tertiary/aromatic N) is 1. The maximum Gasteiger partial charge on any atom is 0.0368 e. The fourth-order valence-electron chi connectivity index (χ4n) is 0.715. The zero-order chi connectivity index (χ0) is 8.10. The van der Waals surface area contributed by atoms with Crippen LogP contribution in [-0.4, -0.2) is 9.78 Å². The molecule has 0 amide bonds. The molecule has 1 aromatic carbocycles. The highest BCUT2D eigenvalue weighted by Gasteiger charge is 1.94. The first-order valence-corrected chi connectivity index (χ1v) is 4.14. The Morgan fingerprint density at radius 2 is 2.00 bits per heavy atom. The molecule has 0 atom stereocenters. The molecule has 4 heteroatoms. The SMILES string of the molecule is NN(O)SCc1ccccc1. The van der Waals surface area contributed by atoms with Crippen molar-refractivity contribution in [1.29, 1.82) is 0 Å². The highest BCUT2D eigenvalue weighted by atomic mass is 32.2. The fourth-order valence-corrected chi connectivity index (χ4v) is 1.19. The van der Waals surface area contributed by atoms with Crippen LogP contribution < -0.4 is 5.84 Å². The molecule has 0 fully saturated rings. The van der Waals surface area contributed by atoms with Crippen molar-refractivity contribution in [2.75, 3.05) is 0 Å². The Labute approximate surface area is 69.9 Å². The van der Waals surface area contributed by atoms with Crippen molar-refractivity contribution in [1.82, 2.24) is 4.58 Å². The van der Waals surface area contributed by atoms with Crippen molar-refractivity contribution in [3.63, 3.8) is 0 Å². The lowest BCUT2D eigenvalue weighted by atomic mass is 10.2. The standard InChI is InChI=1S/C7H10N2OS/c8-9(10)11-6-7-4-2-1-3-5-7/h1-5,10H,6,8H2. The topological polar surface area (TPSA) is 49.5 Å². The highest BCUT2D eigenvalue weighted by Crippen LogP contribution is 2.11. The summed E-state index contributed by atoms with van der Waals surface area (Å²) in [5.41, 5.74) is 1.14. The monoisotopic (exact) mass is 170 g/mol. The summed E-state index contributed by atoms with van der Waals surface area (Å²) in [6.07, 6.45) is 0. The summed E-state index contributed by atoms with van der Waals surface area (Å²) >= 11 is 1.15. The van der Waals surface area contributed by atoms with E-state index in [-0.39, 0.29) is 0 Å². The van der Waals surface area contributed by atoms with Gasteiger partial charge in [-0.1, -0.05) is 34.9 Å². The average Bonchev–Trinajstić information content (AvgIpc) is 2.03. The van der Waals surface area contributed by atoms with E-state index in [9.17, 15) is 0 Å². The van der Waals surface area contributed by atoms with Gasteiger partial charge in [0.2, 0.25) is 0 Å². The number of hydrogen-bond acceptors (Lipinski definition) is 4. The van der Waals surface area contributed by atoms with Crippen molar-refractivity contribution in [3.05, 3.63) is 35.9 Å². The van der Waals surface area contributed by atoms with E-state index in [4.69, 9.17) is 11.0 Å². The van der Waals surface area contributed by atoms with E-state index in [1.807, 2.05) is 30.3 Å². The number of nitrogens with two attached hydrogens (primary N) is 1. The molecule has 1 aromatic rings. The van der Waals surface area contributed by atoms with Crippen LogP contribution in [0.3, 0.4) is 0 Å². The van der Waals surface area contributed by atoms with Crippen LogP contribution in [0.1, 0.15) is 5.56 Å². The highest BCUT2D eigenvalue weighted by molar-refractivity contribution is 7.96. The predicted octanol–water partition coefficient (Wildman–Crippen LogP) is 1.40. The van der Waals surface area contributed by atoms with E-state index in [1.165, 1.54) is 0 Å². The fraction of sp³-hybridized carbons (Fsp3) is 0.143. The summed E-state index contributed by atoms with van der Waals surface area (Å²) < 4.78 is 0.618. The molecule has 0 heterocycles. The molecule has 3 N–H and O–H groups in total. The van der Waals surface area contributed by atoms with Gasteiger partial charge in [0.05, 0.1) is 0 Å². The normalized spacial score (nSPS) is 10.5. The van der Waals surface area contributed by atoms with E-state index in [1.54, 1.807) is 0 Å². The third kappa shape index (κ3) is 3.38. The summed E-state index contributed by atoms with van der Waals surface area (Å²) in [4.78, 5) is 0. The van der Waals surface area contributed by atoms with Crippen molar-refractivity contribution < 1.29 is 5.21 Å². The smallest absolute Gasteiger partial charge is 0.0368 e. The van der Waals surface area contributed by atoms with E-state index in [2.05, 4.69) is 0 Å². The Morgan fingerprint density at radius 3 is 2.55 bits per heavy atom. The summed E-state index contributed by atoms with van der Waals surface area (Å²) in [5, 5.41) is 8.59. The van der Waals surface area contributed by atoms with Gasteiger partial charge >= 0.3 is 0 Å². The second kappa shape index (κ2) is 4.35. The number of hydrazine groups is 1. The van der Waals surface area contributed by atoms with Gasteiger partial charge in [0.15, 0.2) is 0 Å². The number of benzene rings is 1. The van der Waals surface area contributed by atoms with Gasteiger partial charge in [-0.3, -0.25) is 5.21 Å². The van der Waals surface area contributed by atoms with Crippen LogP contribution >= 0.6 is 11.9 Å². The summed E-state index contributed by atoms with van der Waals surface area (Å²) in [6, 6.07) is 9.82. The van der Waals surface area contributed by atoms with E-state index < -0.39 is 0 Å². The molecule has 11 heavy (non-hydrogen) atoms. The zero-order valence-electron chi connectivity index (χ0n) is 5.97. The molecule has 0 aliphatic carbocycles. The van der Waals surface area contributed by atoms with Gasteiger partial charge in [0, 0.05) is 5.75 Å². The van der Waals surface area contributed by atoms with Crippen LogP contribution in [0.5, 0.6) is 0 Å². The second-order valence-electron chi connectivity index (χ2n) is 2.06. The predicted molar refractivity (Wildman–Crippen MR) is 45.5 cm³/mol. The summed E-state index contributed by atoms with van der Waals surface area (Å²) in [6.45, 7) is 0. The van der Waals surface area contributed by atoms with Crippen LogP contribution in [0.15, 0.2) is 30.3 Å². The average molecular weight is 170 g/mol. The first-order valence-electron chi connectivity index (χ1n) is 3.19. The quantitative estimate of drug-likeness (QED) is 0.409. The van der Waals surface area contributed by atoms with Gasteiger partial charge in [-0.2, -0.15) is 0 Å². The summed E-state index contributed by atoms with van der Waals surface area (Å²) in [5.74, 6) is 5.68. The molecule has 0 bridgehead atoms. The lowest BCUT2D eigenvalue weighted by Crippen LogP contribution is -2.17. The Balaban J connectivity index is 2.39. The van der Waals surface area contributed by atoms with Crippen LogP contribution in [0.4, 0.5) is 0 Å². The summed E-state index contributed by atoms with van der Waals surface area (Å²) in [7, 11) is 0. The van der Waals surface area contributed by atoms with Gasteiger partial charge in [-0.05, 0) is 17.5 Å². The minimum absolute atomic E-state index is 0.618. The molecule has 60 valence electrons. The molecule has 0 aliphatic rings. The molecule has 0 aromatic heterocycles. The molecule has 0 radical (unpaired) electrons. The first-order chi connectivity index (χ1) is 5.29. The Kier molecular flexibility index (Phi) is 3.38. The molecule has 0 spiro atoms. The molecular weight excluding hydrogens is 160 g/mol. The molecule has 1 rings (SSSR count). The van der Waals surface area contributed by atoms with Gasteiger partial charge in [0.1, 0.15) is 0 Å². The van der Waals surface area contributed by atoms with Crippen molar-refractivity contribution in [2.24, 2.45) is 5.84 Å². The second-order valence-corrected chi connectivity index (χ2v) is 2.98. The lowest BCUT2D eigenvalue weighted by Gasteiger charge is -2.04. The van der Waals surface area contributed by atoms with Gasteiger partial charge in [0.25, 0.3) is 0 Å². The molecule has 0 aliphatic heterocycles. The largest absolute Gasteiger partial charge is 0.289 e. The van der Waals surface area contributed by atoms with Crippen LogP contribution in [0.2, 0.25) is 0 Å². The van der Waals surface area contributed by atoms with E-state index in [0.29, 0.717) is 10.3 Å². The molecule has 3 nitrogen and oxygen atoms in total. The zero-order valence-corrected chi connectivity index (χ0v) is 6.79. The van der Waals surface area contributed by atoms with Crippen molar-refractivity contribution in [3.8, 4) is 0 Å². The van der Waals surface area contributed by atoms with Crippen LogP contribution in [-0.2, 0) is 5.75 Å². The number of hydrogen-bond donors (Lipinski definition) is 2. The lowest BCUT2D eigenvalue weighted by molar-refractivity contribution is 0.0162. The number of rotatable bonds is 3. The molecular formula is C7H10N2OS. The molecule has 0 unspecified atom stereocenters. The van der Waals surface area contributed by atoms with Crippen molar-refractivity contribution in [2.45, 2.75) is 5.75 Å². The van der Waals surface area contributed by atoms with Crippen LogP contribution in [0, 0.1) is 0 Å². The molecule has 0 saturated carbocycles. The van der Waals surface area contributed by atoms with Gasteiger partial charge in [-0.25, -0.2) is 5.84 Å². The van der Waals surface area contributed by atoms with E-state index in [0.717, 1.165) is 17.5 Å². The third-order valence-electron chi connectivity index (χ3n) is 1.21. The van der Waals surface area contributed by atoms with Crippen molar-refractivity contribution >= 4 is 11.9 Å². The Hall–Kier alpha value is -0.550. The Bertz CT molecular complexity index is 203. The van der Waals surface area contributed by atoms with E-state index >= 15 is 0 Å². The third-order valence-corrected chi connectivity index (χ3v) is 1.93. The minimum Gasteiger partial charge on any atom is -0.289 e. The van der Waals surface area contributed by atoms with Crippen LogP contribution in [0.25, 0.3) is 0 Å². The molecule has 0 saturated heterocycles. The first kappa shape index (κ1) is 8.55. The maximum absolute atomic E-state index is 8.59. The van der Waals surface area contributed by atoms with Gasteiger partial charge in [-0.15, -0.1) is 0 Å².